The van der Waals surface area contributed by atoms with Crippen LogP contribution in [0.1, 0.15) is 38.1 Å². The van der Waals surface area contributed by atoms with Gasteiger partial charge < -0.3 is 19.9 Å². The molecule has 1 saturated heterocycles. The van der Waals surface area contributed by atoms with Crippen LogP contribution in [0, 0.1) is 13.8 Å². The Morgan fingerprint density at radius 1 is 1.07 bits per heavy atom. The summed E-state index contributed by atoms with van der Waals surface area (Å²) >= 11 is 0. The Labute approximate surface area is 225 Å². The van der Waals surface area contributed by atoms with E-state index >= 15 is 4.39 Å². The summed E-state index contributed by atoms with van der Waals surface area (Å²) in [4.78, 5) is 48.2. The number of halogens is 2. The number of nitrogen functional groups attached to an aromatic ring is 1. The van der Waals surface area contributed by atoms with E-state index < -0.39 is 54.9 Å². The molecule has 208 valence electrons. The van der Waals surface area contributed by atoms with Gasteiger partial charge in [-0.15, -0.1) is 0 Å². The normalized spacial score (nSPS) is 22.4. The third kappa shape index (κ3) is 4.91. The molecule has 13 heteroatoms. The molecular formula is C27H25F2N5O6. The number of alkyl halides is 2. The maximum Gasteiger partial charge on any atom is 0.338 e. The number of imidazole rings is 1. The van der Waals surface area contributed by atoms with Gasteiger partial charge >= 0.3 is 11.9 Å². The standard InChI is InChI=1S/C27H25F2N5O6/c1-14-3-7-16(8-4-14)24(36)38-12-27(11-28)20(39-25(37)17-9-5-15(2)6-10-17)18(29)23(40-27)34-13-31-19-21(34)32-26(30)33-22(19)35/h3-10,13,18,20,23H,11-12H2,1-2H3,(H3,30,32,33,35). The largest absolute Gasteiger partial charge is 0.459 e. The predicted molar refractivity (Wildman–Crippen MR) is 138 cm³/mol. The molecule has 3 heterocycles. The van der Waals surface area contributed by atoms with E-state index in [0.717, 1.165) is 22.0 Å². The summed E-state index contributed by atoms with van der Waals surface area (Å²) in [6.07, 6.45) is -4.64. The second-order valence-electron chi connectivity index (χ2n) is 9.56. The van der Waals surface area contributed by atoms with Crippen molar-refractivity contribution in [1.29, 1.82) is 0 Å². The van der Waals surface area contributed by atoms with Crippen LogP contribution >= 0.6 is 0 Å². The Kier molecular flexibility index (Phi) is 7.06. The van der Waals surface area contributed by atoms with Gasteiger partial charge in [0.1, 0.15) is 13.3 Å². The number of ether oxygens (including phenoxy) is 3. The summed E-state index contributed by atoms with van der Waals surface area (Å²) in [6, 6.07) is 12.7. The van der Waals surface area contributed by atoms with Crippen molar-refractivity contribution < 1.29 is 32.6 Å². The van der Waals surface area contributed by atoms with Crippen molar-refractivity contribution in [3.05, 3.63) is 87.5 Å². The molecule has 4 atom stereocenters. The smallest absolute Gasteiger partial charge is 0.338 e. The fraction of sp³-hybridized carbons (Fsp3) is 0.296. The van der Waals surface area contributed by atoms with Crippen LogP contribution in [0.25, 0.3) is 11.2 Å². The minimum atomic E-state index is -2.24. The lowest BCUT2D eigenvalue weighted by molar-refractivity contribution is -0.140. The first-order valence-electron chi connectivity index (χ1n) is 12.2. The average molecular weight is 554 g/mol. The molecule has 0 amide bonds. The first-order chi connectivity index (χ1) is 19.1. The number of benzene rings is 2. The number of nitrogens with zero attached hydrogens (tertiary/aromatic N) is 3. The molecule has 5 rings (SSSR count). The number of H-pyrrole nitrogens is 1. The van der Waals surface area contributed by atoms with E-state index in [1.807, 2.05) is 13.8 Å². The van der Waals surface area contributed by atoms with Crippen LogP contribution in [-0.4, -0.2) is 62.6 Å². The lowest BCUT2D eigenvalue weighted by Gasteiger charge is -2.30. The number of aromatic nitrogens is 4. The number of aromatic amines is 1. The molecule has 2 aromatic carbocycles. The Balaban J connectivity index is 1.50. The third-order valence-corrected chi connectivity index (χ3v) is 6.64. The van der Waals surface area contributed by atoms with Crippen LogP contribution < -0.4 is 11.3 Å². The highest BCUT2D eigenvalue weighted by molar-refractivity contribution is 5.90. The van der Waals surface area contributed by atoms with Crippen LogP contribution in [0.2, 0.25) is 0 Å². The van der Waals surface area contributed by atoms with Gasteiger partial charge in [0, 0.05) is 0 Å². The molecule has 1 fully saturated rings. The molecule has 11 nitrogen and oxygen atoms in total. The fourth-order valence-electron chi connectivity index (χ4n) is 4.42. The predicted octanol–water partition coefficient (Wildman–Crippen LogP) is 2.98. The van der Waals surface area contributed by atoms with E-state index in [0.29, 0.717) is 0 Å². The van der Waals surface area contributed by atoms with Crippen LogP contribution in [0.4, 0.5) is 14.7 Å². The summed E-state index contributed by atoms with van der Waals surface area (Å²) < 4.78 is 48.7. The highest BCUT2D eigenvalue weighted by atomic mass is 19.1. The molecular weight excluding hydrogens is 528 g/mol. The van der Waals surface area contributed by atoms with Gasteiger partial charge in [0.15, 0.2) is 35.3 Å². The van der Waals surface area contributed by atoms with Crippen molar-refractivity contribution in [2.24, 2.45) is 0 Å². The van der Waals surface area contributed by atoms with Gasteiger partial charge in [0.05, 0.1) is 17.5 Å². The Bertz CT molecular complexity index is 1620. The number of hydrogen-bond donors (Lipinski definition) is 2. The van der Waals surface area contributed by atoms with Crippen LogP contribution in [0.5, 0.6) is 0 Å². The van der Waals surface area contributed by atoms with Crippen molar-refractivity contribution in [1.82, 2.24) is 19.5 Å². The molecule has 0 bridgehead atoms. The SMILES string of the molecule is Cc1ccc(C(=O)OCC2(CF)OC(n3cnc4c(=O)[nH]c(N)nc43)C(F)C2OC(=O)c2ccc(C)cc2)cc1. The molecule has 40 heavy (non-hydrogen) atoms. The number of hydrogen-bond acceptors (Lipinski definition) is 9. The molecule has 4 unspecified atom stereocenters. The van der Waals surface area contributed by atoms with Gasteiger partial charge in [0.25, 0.3) is 5.56 Å². The van der Waals surface area contributed by atoms with Crippen molar-refractivity contribution in [3.63, 3.8) is 0 Å². The topological polar surface area (TPSA) is 151 Å². The molecule has 1 aliphatic rings. The number of nitrogens with one attached hydrogen (secondary N) is 1. The lowest BCUT2D eigenvalue weighted by Crippen LogP contribution is -2.51. The average Bonchev–Trinajstić information content (AvgIpc) is 3.47. The van der Waals surface area contributed by atoms with Crippen molar-refractivity contribution in [2.45, 2.75) is 38.0 Å². The summed E-state index contributed by atoms with van der Waals surface area (Å²) in [7, 11) is 0. The van der Waals surface area contributed by atoms with Gasteiger partial charge in [-0.1, -0.05) is 35.4 Å². The molecule has 0 spiro atoms. The molecule has 4 aromatic rings. The van der Waals surface area contributed by atoms with E-state index in [4.69, 9.17) is 19.9 Å². The van der Waals surface area contributed by atoms with Gasteiger partial charge in [-0.3, -0.25) is 14.3 Å². The zero-order valence-electron chi connectivity index (χ0n) is 21.5. The van der Waals surface area contributed by atoms with E-state index in [2.05, 4.69) is 15.0 Å². The number of anilines is 1. The van der Waals surface area contributed by atoms with E-state index in [9.17, 15) is 18.8 Å². The number of carbonyl (C=O) groups is 2. The maximum absolute atomic E-state index is 16.2. The Morgan fingerprint density at radius 3 is 2.27 bits per heavy atom. The summed E-state index contributed by atoms with van der Waals surface area (Å²) in [5, 5.41) is 0. The Hall–Kier alpha value is -4.65. The lowest BCUT2D eigenvalue weighted by atomic mass is 9.97. The number of nitrogens with two attached hydrogens (primary N) is 1. The molecule has 0 saturated carbocycles. The maximum atomic E-state index is 16.2. The van der Waals surface area contributed by atoms with Gasteiger partial charge in [-0.05, 0) is 38.1 Å². The highest BCUT2D eigenvalue weighted by Gasteiger charge is 2.60. The molecule has 0 aliphatic carbocycles. The van der Waals surface area contributed by atoms with Crippen molar-refractivity contribution >= 4 is 29.1 Å². The van der Waals surface area contributed by atoms with Gasteiger partial charge in [-0.25, -0.2) is 23.4 Å². The van der Waals surface area contributed by atoms with Gasteiger partial charge in [-0.2, -0.15) is 4.98 Å². The zero-order valence-corrected chi connectivity index (χ0v) is 21.5. The zero-order chi connectivity index (χ0) is 28.6. The van der Waals surface area contributed by atoms with E-state index in [1.54, 1.807) is 24.3 Å². The highest BCUT2D eigenvalue weighted by Crippen LogP contribution is 2.43. The number of rotatable bonds is 7. The summed E-state index contributed by atoms with van der Waals surface area (Å²) in [6.45, 7) is 1.48. The molecule has 2 aromatic heterocycles. The van der Waals surface area contributed by atoms with Crippen LogP contribution in [0.3, 0.4) is 0 Å². The van der Waals surface area contributed by atoms with E-state index in [1.165, 1.54) is 24.3 Å². The minimum absolute atomic E-state index is 0.0970. The second-order valence-corrected chi connectivity index (χ2v) is 9.56. The first-order valence-corrected chi connectivity index (χ1v) is 12.2. The molecule has 3 N–H and O–H groups in total. The van der Waals surface area contributed by atoms with Gasteiger partial charge in [0.2, 0.25) is 5.95 Å². The van der Waals surface area contributed by atoms with E-state index in [-0.39, 0.29) is 28.2 Å². The fourth-order valence-corrected chi connectivity index (χ4v) is 4.42. The second kappa shape index (κ2) is 10.5. The number of fused-ring (bicyclic) bond motifs is 1. The van der Waals surface area contributed by atoms with Crippen LogP contribution in [-0.2, 0) is 14.2 Å². The number of carbonyl (C=O) groups excluding carboxylic acids is 2. The first kappa shape index (κ1) is 26.9. The monoisotopic (exact) mass is 553 g/mol. The number of aryl methyl sites for hydroxylation is 2. The molecule has 1 aliphatic heterocycles. The Morgan fingerprint density at radius 2 is 1.68 bits per heavy atom. The number of esters is 2. The quantitative estimate of drug-likeness (QED) is 0.329. The third-order valence-electron chi connectivity index (χ3n) is 6.64. The van der Waals surface area contributed by atoms with Crippen LogP contribution in [0.15, 0.2) is 59.7 Å². The summed E-state index contributed by atoms with van der Waals surface area (Å²) in [5.74, 6) is -2.01. The van der Waals surface area contributed by atoms with Crippen molar-refractivity contribution in [3.8, 4) is 0 Å². The van der Waals surface area contributed by atoms with Crippen molar-refractivity contribution in [2.75, 3.05) is 19.0 Å². The summed E-state index contributed by atoms with van der Waals surface area (Å²) in [5.41, 5.74) is 4.48. The minimum Gasteiger partial charge on any atom is -0.459 e. The molecule has 0 radical (unpaired) electrons.